The van der Waals surface area contributed by atoms with Crippen LogP contribution in [0.2, 0.25) is 0 Å². The van der Waals surface area contributed by atoms with E-state index in [1.165, 1.54) is 7.11 Å². The van der Waals surface area contributed by atoms with Crippen LogP contribution >= 0.6 is 0 Å². The van der Waals surface area contributed by atoms with E-state index in [4.69, 9.17) is 9.47 Å². The first-order valence-electron chi connectivity index (χ1n) is 7.99. The molecule has 0 bridgehead atoms. The van der Waals surface area contributed by atoms with Crippen LogP contribution < -0.4 is 4.74 Å². The van der Waals surface area contributed by atoms with Gasteiger partial charge >= 0.3 is 5.97 Å². The van der Waals surface area contributed by atoms with E-state index in [2.05, 4.69) is 4.98 Å². The molecule has 2 aromatic carbocycles. The number of benzene rings is 2. The van der Waals surface area contributed by atoms with Crippen LogP contribution in [-0.2, 0) is 11.3 Å². The summed E-state index contributed by atoms with van der Waals surface area (Å²) in [4.78, 5) is 16.2. The molecule has 4 nitrogen and oxygen atoms in total. The first kappa shape index (κ1) is 16.7. The predicted molar refractivity (Wildman–Crippen MR) is 96.5 cm³/mol. The fourth-order valence-electron chi connectivity index (χ4n) is 2.67. The van der Waals surface area contributed by atoms with Gasteiger partial charge in [-0.1, -0.05) is 30.3 Å². The van der Waals surface area contributed by atoms with Crippen LogP contribution in [0.4, 0.5) is 0 Å². The number of hydrogen-bond acceptors (Lipinski definition) is 4. The Morgan fingerprint density at radius 3 is 2.60 bits per heavy atom. The number of ether oxygens (including phenoxy) is 2. The molecule has 0 N–H and O–H groups in total. The molecule has 0 saturated heterocycles. The number of rotatable bonds is 5. The van der Waals surface area contributed by atoms with Gasteiger partial charge in [0.15, 0.2) is 0 Å². The molecule has 0 radical (unpaired) electrons. The molecule has 0 amide bonds. The maximum Gasteiger partial charge on any atom is 0.338 e. The predicted octanol–water partition coefficient (Wildman–Crippen LogP) is 4.42. The lowest BCUT2D eigenvalue weighted by Crippen LogP contribution is -2.05. The zero-order valence-electron chi connectivity index (χ0n) is 14.2. The second-order valence-electron chi connectivity index (χ2n) is 5.66. The van der Waals surface area contributed by atoms with E-state index < -0.39 is 0 Å². The van der Waals surface area contributed by atoms with Crippen molar-refractivity contribution < 1.29 is 14.3 Å². The fraction of sp³-hybridized carbons (Fsp3) is 0.143. The number of esters is 1. The number of hydrogen-bond donors (Lipinski definition) is 0. The Labute approximate surface area is 147 Å². The third kappa shape index (κ3) is 3.86. The second kappa shape index (κ2) is 7.62. The third-order valence-corrected chi connectivity index (χ3v) is 3.96. The lowest BCUT2D eigenvalue weighted by molar-refractivity contribution is 0.0601. The Balaban J connectivity index is 1.96. The molecule has 0 aliphatic carbocycles. The van der Waals surface area contributed by atoms with Crippen LogP contribution in [0.15, 0.2) is 67.0 Å². The van der Waals surface area contributed by atoms with Crippen LogP contribution in [0.3, 0.4) is 0 Å². The van der Waals surface area contributed by atoms with Gasteiger partial charge < -0.3 is 9.47 Å². The number of carbonyl (C=O) groups excluding carboxylic acids is 1. The molecule has 0 atom stereocenters. The van der Waals surface area contributed by atoms with Crippen LogP contribution in [0.1, 0.15) is 21.5 Å². The number of pyridine rings is 1. The van der Waals surface area contributed by atoms with E-state index in [9.17, 15) is 4.79 Å². The van der Waals surface area contributed by atoms with Crippen LogP contribution in [0.5, 0.6) is 5.75 Å². The minimum Gasteiger partial charge on any atom is -0.487 e. The van der Waals surface area contributed by atoms with E-state index in [1.54, 1.807) is 18.5 Å². The van der Waals surface area contributed by atoms with Crippen molar-refractivity contribution in [2.75, 3.05) is 7.11 Å². The first-order chi connectivity index (χ1) is 12.2. The molecule has 0 fully saturated rings. The van der Waals surface area contributed by atoms with Crippen molar-refractivity contribution >= 4 is 5.97 Å². The van der Waals surface area contributed by atoms with Gasteiger partial charge in [-0.2, -0.15) is 0 Å². The fourth-order valence-corrected chi connectivity index (χ4v) is 2.67. The summed E-state index contributed by atoms with van der Waals surface area (Å²) in [7, 11) is 1.39. The van der Waals surface area contributed by atoms with Gasteiger partial charge in [-0.05, 0) is 53.4 Å². The third-order valence-electron chi connectivity index (χ3n) is 3.96. The highest BCUT2D eigenvalue weighted by molar-refractivity contribution is 5.97. The topological polar surface area (TPSA) is 48.4 Å². The highest BCUT2D eigenvalue weighted by Gasteiger charge is 2.15. The van der Waals surface area contributed by atoms with E-state index in [0.29, 0.717) is 17.9 Å². The van der Waals surface area contributed by atoms with Crippen LogP contribution in [0.25, 0.3) is 11.1 Å². The van der Waals surface area contributed by atoms with E-state index >= 15 is 0 Å². The maximum absolute atomic E-state index is 12.1. The summed E-state index contributed by atoms with van der Waals surface area (Å²) in [5.41, 5.74) is 4.46. The van der Waals surface area contributed by atoms with Crippen LogP contribution in [-0.4, -0.2) is 18.1 Å². The first-order valence-corrected chi connectivity index (χ1v) is 7.99. The summed E-state index contributed by atoms with van der Waals surface area (Å²) in [6.45, 7) is 2.42. The average Bonchev–Trinajstić information content (AvgIpc) is 2.67. The minimum atomic E-state index is -0.349. The van der Waals surface area contributed by atoms with Gasteiger partial charge in [0.1, 0.15) is 12.4 Å². The largest absolute Gasteiger partial charge is 0.487 e. The number of carbonyl (C=O) groups is 1. The molecule has 3 rings (SSSR count). The monoisotopic (exact) mass is 333 g/mol. The van der Waals surface area contributed by atoms with Gasteiger partial charge in [0.25, 0.3) is 0 Å². The van der Waals surface area contributed by atoms with Crippen molar-refractivity contribution in [1.29, 1.82) is 0 Å². The number of aryl methyl sites for hydroxylation is 1. The van der Waals surface area contributed by atoms with Gasteiger partial charge in [0.2, 0.25) is 0 Å². The molecule has 0 aliphatic rings. The lowest BCUT2D eigenvalue weighted by Gasteiger charge is -2.13. The lowest BCUT2D eigenvalue weighted by atomic mass is 9.94. The van der Waals surface area contributed by atoms with E-state index in [0.717, 1.165) is 22.3 Å². The van der Waals surface area contributed by atoms with Crippen molar-refractivity contribution in [3.63, 3.8) is 0 Å². The normalized spacial score (nSPS) is 10.3. The molecular formula is C21H19NO3. The molecular weight excluding hydrogens is 314 g/mol. The highest BCUT2D eigenvalue weighted by atomic mass is 16.5. The Bertz CT molecular complexity index is 875. The van der Waals surface area contributed by atoms with Crippen LogP contribution in [0, 0.1) is 6.92 Å². The molecule has 0 unspecified atom stereocenters. The zero-order valence-corrected chi connectivity index (χ0v) is 14.2. The van der Waals surface area contributed by atoms with Crippen molar-refractivity contribution in [3.8, 4) is 16.9 Å². The summed E-state index contributed by atoms with van der Waals surface area (Å²) < 4.78 is 10.7. The molecule has 1 heterocycles. The molecule has 25 heavy (non-hydrogen) atoms. The number of nitrogens with zero attached hydrogens (tertiary/aromatic N) is 1. The van der Waals surface area contributed by atoms with Crippen molar-refractivity contribution in [2.45, 2.75) is 13.5 Å². The van der Waals surface area contributed by atoms with E-state index in [1.807, 2.05) is 55.5 Å². The van der Waals surface area contributed by atoms with Crippen molar-refractivity contribution in [3.05, 3.63) is 83.7 Å². The summed E-state index contributed by atoms with van der Waals surface area (Å²) >= 11 is 0. The second-order valence-corrected chi connectivity index (χ2v) is 5.66. The summed E-state index contributed by atoms with van der Waals surface area (Å²) in [5.74, 6) is 0.356. The van der Waals surface area contributed by atoms with Gasteiger partial charge in [-0.15, -0.1) is 0 Å². The molecule has 3 aromatic rings. The Kier molecular flexibility index (Phi) is 5.09. The Morgan fingerprint density at radius 2 is 1.88 bits per heavy atom. The van der Waals surface area contributed by atoms with Gasteiger partial charge in [-0.3, -0.25) is 4.98 Å². The zero-order chi connectivity index (χ0) is 17.6. The number of aromatic nitrogens is 1. The highest BCUT2D eigenvalue weighted by Crippen LogP contribution is 2.29. The smallest absolute Gasteiger partial charge is 0.338 e. The minimum absolute atomic E-state index is 0.349. The standard InChI is InChI=1S/C21H19NO3/c1-15-6-3-4-8-18(15)20-12-16(9-10-19(20)21(23)24-2)14-25-17-7-5-11-22-13-17/h3-13H,14H2,1-2H3. The average molecular weight is 333 g/mol. The van der Waals surface area contributed by atoms with Crippen molar-refractivity contribution in [2.24, 2.45) is 0 Å². The number of methoxy groups -OCH3 is 1. The Hall–Kier alpha value is -3.14. The van der Waals surface area contributed by atoms with Gasteiger partial charge in [0, 0.05) is 6.20 Å². The van der Waals surface area contributed by atoms with Gasteiger partial charge in [0.05, 0.1) is 18.9 Å². The summed E-state index contributed by atoms with van der Waals surface area (Å²) in [6, 6.07) is 17.3. The molecule has 0 aliphatic heterocycles. The summed E-state index contributed by atoms with van der Waals surface area (Å²) in [6.07, 6.45) is 3.37. The molecule has 1 aromatic heterocycles. The Morgan fingerprint density at radius 1 is 1.04 bits per heavy atom. The molecule has 0 saturated carbocycles. The SMILES string of the molecule is COC(=O)c1ccc(COc2cccnc2)cc1-c1ccccc1C. The quantitative estimate of drug-likeness (QED) is 0.648. The molecule has 0 spiro atoms. The molecule has 126 valence electrons. The van der Waals surface area contributed by atoms with E-state index in [-0.39, 0.29) is 5.97 Å². The maximum atomic E-state index is 12.1. The van der Waals surface area contributed by atoms with Gasteiger partial charge in [-0.25, -0.2) is 4.79 Å². The van der Waals surface area contributed by atoms with Crippen molar-refractivity contribution in [1.82, 2.24) is 4.98 Å². The summed E-state index contributed by atoms with van der Waals surface area (Å²) in [5, 5.41) is 0. The molecule has 4 heteroatoms.